The third-order valence-electron chi connectivity index (χ3n) is 5.00. The number of piperidine rings is 1. The van der Waals surface area contributed by atoms with E-state index in [1.807, 2.05) is 17.4 Å². The fraction of sp³-hybridized carbons (Fsp3) is 0.368. The van der Waals surface area contributed by atoms with Crippen molar-refractivity contribution in [1.29, 1.82) is 0 Å². The lowest BCUT2D eigenvalue weighted by Gasteiger charge is -2.33. The molecule has 0 N–H and O–H groups in total. The largest absolute Gasteiger partial charge is 0.338 e. The van der Waals surface area contributed by atoms with Crippen LogP contribution >= 0.6 is 0 Å². The van der Waals surface area contributed by atoms with Gasteiger partial charge in [0, 0.05) is 44.6 Å². The van der Waals surface area contributed by atoms with Gasteiger partial charge in [0.05, 0.1) is 23.6 Å². The van der Waals surface area contributed by atoms with E-state index in [-0.39, 0.29) is 11.5 Å². The fourth-order valence-electron chi connectivity index (χ4n) is 3.62. The summed E-state index contributed by atoms with van der Waals surface area (Å²) in [7, 11) is 1.67. The van der Waals surface area contributed by atoms with E-state index in [1.165, 1.54) is 10.9 Å². The van der Waals surface area contributed by atoms with E-state index in [1.54, 1.807) is 31.4 Å². The van der Waals surface area contributed by atoms with Crippen LogP contribution in [0, 0.1) is 5.92 Å². The lowest BCUT2D eigenvalue weighted by atomic mass is 9.97. The number of amides is 1. The first-order valence-corrected chi connectivity index (χ1v) is 8.82. The average molecular weight is 351 g/mol. The lowest BCUT2D eigenvalue weighted by molar-refractivity contribution is 0.0662. The van der Waals surface area contributed by atoms with Gasteiger partial charge in [0.25, 0.3) is 11.5 Å². The van der Waals surface area contributed by atoms with Gasteiger partial charge in [0.15, 0.2) is 0 Å². The summed E-state index contributed by atoms with van der Waals surface area (Å²) in [6.45, 7) is 2.37. The quantitative estimate of drug-likeness (QED) is 0.720. The standard InChI is InChI=1S/C19H21N5O2/c1-22-13-21-17-9-15(4-5-16(17)19(22)26)18(25)24-7-2-3-14(11-24)10-23-8-6-20-12-23/h4-6,8-9,12-14H,2-3,7,10-11H2,1H3. The highest BCUT2D eigenvalue weighted by Crippen LogP contribution is 2.21. The second-order valence-electron chi connectivity index (χ2n) is 6.91. The first-order valence-electron chi connectivity index (χ1n) is 8.82. The Morgan fingerprint density at radius 2 is 2.19 bits per heavy atom. The molecule has 1 aliphatic rings. The van der Waals surface area contributed by atoms with Gasteiger partial charge in [-0.15, -0.1) is 0 Å². The van der Waals surface area contributed by atoms with Gasteiger partial charge in [-0.3, -0.25) is 9.59 Å². The van der Waals surface area contributed by atoms with Crippen molar-refractivity contribution >= 4 is 16.8 Å². The van der Waals surface area contributed by atoms with Crippen molar-refractivity contribution in [3.63, 3.8) is 0 Å². The minimum Gasteiger partial charge on any atom is -0.338 e. The molecule has 7 heteroatoms. The summed E-state index contributed by atoms with van der Waals surface area (Å²) in [6, 6.07) is 5.15. The van der Waals surface area contributed by atoms with Crippen molar-refractivity contribution in [3.05, 3.63) is 59.2 Å². The van der Waals surface area contributed by atoms with E-state index < -0.39 is 0 Å². The van der Waals surface area contributed by atoms with E-state index in [0.717, 1.165) is 32.5 Å². The Balaban J connectivity index is 1.54. The third kappa shape index (κ3) is 3.12. The summed E-state index contributed by atoms with van der Waals surface area (Å²) >= 11 is 0. The molecule has 0 aliphatic carbocycles. The molecule has 1 saturated heterocycles. The minimum atomic E-state index is -0.104. The van der Waals surface area contributed by atoms with Crippen molar-refractivity contribution in [2.45, 2.75) is 19.4 Å². The number of fused-ring (bicyclic) bond motifs is 1. The second-order valence-corrected chi connectivity index (χ2v) is 6.91. The number of likely N-dealkylation sites (tertiary alicyclic amines) is 1. The van der Waals surface area contributed by atoms with Gasteiger partial charge < -0.3 is 14.0 Å². The molecule has 26 heavy (non-hydrogen) atoms. The first-order chi connectivity index (χ1) is 12.6. The van der Waals surface area contributed by atoms with E-state index in [2.05, 4.69) is 14.5 Å². The van der Waals surface area contributed by atoms with Crippen molar-refractivity contribution in [1.82, 2.24) is 24.0 Å². The van der Waals surface area contributed by atoms with Gasteiger partial charge in [0.2, 0.25) is 0 Å². The predicted molar refractivity (Wildman–Crippen MR) is 97.8 cm³/mol. The van der Waals surface area contributed by atoms with E-state index >= 15 is 0 Å². The zero-order chi connectivity index (χ0) is 18.1. The molecule has 2 aromatic heterocycles. The Hall–Kier alpha value is -2.96. The van der Waals surface area contributed by atoms with Crippen LogP contribution in [0.5, 0.6) is 0 Å². The first kappa shape index (κ1) is 16.5. The smallest absolute Gasteiger partial charge is 0.260 e. The molecule has 1 unspecified atom stereocenters. The number of hydrogen-bond donors (Lipinski definition) is 0. The molecular formula is C19H21N5O2. The Labute approximate surface area is 150 Å². The van der Waals surface area contributed by atoms with Crippen LogP contribution in [0.15, 0.2) is 48.0 Å². The van der Waals surface area contributed by atoms with Crippen LogP contribution in [0.2, 0.25) is 0 Å². The molecular weight excluding hydrogens is 330 g/mol. The molecule has 0 saturated carbocycles. The summed E-state index contributed by atoms with van der Waals surface area (Å²) in [5.74, 6) is 0.428. The van der Waals surface area contributed by atoms with Crippen molar-refractivity contribution in [2.75, 3.05) is 13.1 Å². The van der Waals surface area contributed by atoms with Crippen LogP contribution in [0.4, 0.5) is 0 Å². The van der Waals surface area contributed by atoms with E-state index in [0.29, 0.717) is 22.4 Å². The van der Waals surface area contributed by atoms with Gasteiger partial charge in [0.1, 0.15) is 0 Å². The Kier molecular flexibility index (Phi) is 4.28. The maximum absolute atomic E-state index is 12.9. The summed E-state index contributed by atoms with van der Waals surface area (Å²) in [5, 5.41) is 0.531. The van der Waals surface area contributed by atoms with Crippen molar-refractivity contribution < 1.29 is 4.79 Å². The maximum Gasteiger partial charge on any atom is 0.260 e. The molecule has 0 radical (unpaired) electrons. The molecule has 4 rings (SSSR count). The number of aryl methyl sites for hydroxylation is 1. The van der Waals surface area contributed by atoms with Crippen LogP contribution in [0.3, 0.4) is 0 Å². The number of benzene rings is 1. The molecule has 1 fully saturated rings. The summed E-state index contributed by atoms with van der Waals surface area (Å²) in [6.07, 6.45) is 9.14. The maximum atomic E-state index is 12.9. The third-order valence-corrected chi connectivity index (χ3v) is 5.00. The molecule has 3 aromatic rings. The van der Waals surface area contributed by atoms with E-state index in [4.69, 9.17) is 0 Å². The highest BCUT2D eigenvalue weighted by molar-refractivity contribution is 5.97. The van der Waals surface area contributed by atoms with Crippen LogP contribution in [-0.2, 0) is 13.6 Å². The zero-order valence-corrected chi connectivity index (χ0v) is 14.7. The fourth-order valence-corrected chi connectivity index (χ4v) is 3.62. The molecule has 1 amide bonds. The van der Waals surface area contributed by atoms with Gasteiger partial charge >= 0.3 is 0 Å². The molecule has 0 spiro atoms. The van der Waals surface area contributed by atoms with Crippen LogP contribution < -0.4 is 5.56 Å². The van der Waals surface area contributed by atoms with Gasteiger partial charge in [-0.05, 0) is 37.0 Å². The van der Waals surface area contributed by atoms with E-state index in [9.17, 15) is 9.59 Å². The average Bonchev–Trinajstić information content (AvgIpc) is 3.17. The Morgan fingerprint density at radius 3 is 3.00 bits per heavy atom. The number of rotatable bonds is 3. The molecule has 134 valence electrons. The zero-order valence-electron chi connectivity index (χ0n) is 14.7. The summed E-state index contributed by atoms with van der Waals surface area (Å²) in [5.41, 5.74) is 1.04. The number of carbonyl (C=O) groups excluding carboxylic acids is 1. The predicted octanol–water partition coefficient (Wildman–Crippen LogP) is 1.68. The van der Waals surface area contributed by atoms with Crippen molar-refractivity contribution in [3.8, 4) is 0 Å². The number of nitrogens with zero attached hydrogens (tertiary/aromatic N) is 5. The van der Waals surface area contributed by atoms with Crippen LogP contribution in [0.1, 0.15) is 23.2 Å². The SMILES string of the molecule is Cn1cnc2cc(C(=O)N3CCCC(Cn4ccnc4)C3)ccc2c1=O. The number of carbonyl (C=O) groups is 1. The van der Waals surface area contributed by atoms with Gasteiger partial charge in [-0.2, -0.15) is 0 Å². The lowest BCUT2D eigenvalue weighted by Crippen LogP contribution is -2.41. The highest BCUT2D eigenvalue weighted by atomic mass is 16.2. The molecule has 1 atom stereocenters. The summed E-state index contributed by atoms with van der Waals surface area (Å²) < 4.78 is 3.50. The molecule has 7 nitrogen and oxygen atoms in total. The highest BCUT2D eigenvalue weighted by Gasteiger charge is 2.25. The molecule has 1 aliphatic heterocycles. The Bertz CT molecular complexity index is 993. The normalized spacial score (nSPS) is 17.6. The molecule has 1 aromatic carbocycles. The number of hydrogen-bond acceptors (Lipinski definition) is 4. The monoisotopic (exact) mass is 351 g/mol. The second kappa shape index (κ2) is 6.74. The molecule has 3 heterocycles. The summed E-state index contributed by atoms with van der Waals surface area (Å²) in [4.78, 5) is 35.3. The van der Waals surface area contributed by atoms with Crippen LogP contribution in [-0.4, -0.2) is 43.0 Å². The number of aromatic nitrogens is 4. The minimum absolute atomic E-state index is 0.00436. The molecule has 0 bridgehead atoms. The topological polar surface area (TPSA) is 73.0 Å². The van der Waals surface area contributed by atoms with Gasteiger partial charge in [-0.1, -0.05) is 0 Å². The van der Waals surface area contributed by atoms with Gasteiger partial charge in [-0.25, -0.2) is 9.97 Å². The van der Waals surface area contributed by atoms with Crippen molar-refractivity contribution in [2.24, 2.45) is 13.0 Å². The number of imidazole rings is 1. The van der Waals surface area contributed by atoms with Crippen LogP contribution in [0.25, 0.3) is 10.9 Å². The Morgan fingerprint density at radius 1 is 1.31 bits per heavy atom.